The van der Waals surface area contributed by atoms with E-state index in [0.29, 0.717) is 5.56 Å². The van der Waals surface area contributed by atoms with Gasteiger partial charge >= 0.3 is 6.18 Å². The molecule has 0 bridgehead atoms. The van der Waals surface area contributed by atoms with Crippen LogP contribution < -0.4 is 5.32 Å². The van der Waals surface area contributed by atoms with Crippen molar-refractivity contribution in [3.05, 3.63) is 68.8 Å². The van der Waals surface area contributed by atoms with Gasteiger partial charge in [0.15, 0.2) is 0 Å². The number of hydrogen-bond donors (Lipinski definition) is 1. The zero-order valence-corrected chi connectivity index (χ0v) is 12.9. The van der Waals surface area contributed by atoms with Gasteiger partial charge in [-0.05, 0) is 59.0 Å². The molecule has 2 aromatic carbocycles. The van der Waals surface area contributed by atoms with Crippen LogP contribution in [0.1, 0.15) is 22.7 Å². The third-order valence-corrected chi connectivity index (χ3v) is 4.03. The predicted octanol–water partition coefficient (Wildman–Crippen LogP) is 4.62. The highest BCUT2D eigenvalue weighted by Crippen LogP contribution is 2.32. The summed E-state index contributed by atoms with van der Waals surface area (Å²) < 4.78 is 39.4. The van der Waals surface area contributed by atoms with Gasteiger partial charge in [0.05, 0.1) is 11.6 Å². The van der Waals surface area contributed by atoms with Crippen molar-refractivity contribution >= 4 is 22.6 Å². The zero-order chi connectivity index (χ0) is 14.8. The minimum absolute atomic E-state index is 0.259. The van der Waals surface area contributed by atoms with E-state index in [2.05, 4.69) is 27.9 Å². The first-order chi connectivity index (χ1) is 9.43. The molecule has 0 amide bonds. The smallest absolute Gasteiger partial charge is 0.309 e. The number of halogens is 4. The quantitative estimate of drug-likeness (QED) is 0.754. The molecule has 106 valence electrons. The summed E-state index contributed by atoms with van der Waals surface area (Å²) in [7, 11) is 1.74. The molecule has 2 rings (SSSR count). The Bertz CT molecular complexity index is 596. The molecule has 0 aliphatic rings. The number of hydrogen-bond acceptors (Lipinski definition) is 1. The lowest BCUT2D eigenvalue weighted by Gasteiger charge is -2.20. The van der Waals surface area contributed by atoms with Crippen molar-refractivity contribution in [2.45, 2.75) is 12.2 Å². The van der Waals surface area contributed by atoms with E-state index in [1.165, 1.54) is 12.1 Å². The average Bonchev–Trinajstić information content (AvgIpc) is 2.41. The van der Waals surface area contributed by atoms with Crippen molar-refractivity contribution < 1.29 is 13.2 Å². The fraction of sp³-hybridized carbons (Fsp3) is 0.200. The molecule has 0 fully saturated rings. The van der Waals surface area contributed by atoms with Crippen molar-refractivity contribution in [3.63, 3.8) is 0 Å². The summed E-state index contributed by atoms with van der Waals surface area (Å²) in [5.74, 6) is 0. The number of benzene rings is 2. The lowest BCUT2D eigenvalue weighted by atomic mass is 9.97. The molecule has 5 heteroatoms. The van der Waals surface area contributed by atoms with Gasteiger partial charge in [0.1, 0.15) is 0 Å². The van der Waals surface area contributed by atoms with Crippen LogP contribution in [-0.4, -0.2) is 7.05 Å². The standard InChI is InChI=1S/C15H13F3IN/c1-20-14(12-7-2-3-8-13(12)19)10-5-4-6-11(9-10)15(16,17)18/h2-9,14,20H,1H3. The van der Waals surface area contributed by atoms with Gasteiger partial charge in [-0.25, -0.2) is 0 Å². The molecule has 0 aliphatic carbocycles. The van der Waals surface area contributed by atoms with Gasteiger partial charge in [0.2, 0.25) is 0 Å². The molecule has 0 spiro atoms. The highest BCUT2D eigenvalue weighted by atomic mass is 127. The maximum Gasteiger partial charge on any atom is 0.416 e. The minimum atomic E-state index is -4.32. The summed E-state index contributed by atoms with van der Waals surface area (Å²) in [4.78, 5) is 0. The Morgan fingerprint density at radius 2 is 1.75 bits per heavy atom. The van der Waals surface area contributed by atoms with Crippen LogP contribution in [0.3, 0.4) is 0 Å². The number of alkyl halides is 3. The fourth-order valence-electron chi connectivity index (χ4n) is 2.11. The second-order valence-corrected chi connectivity index (χ2v) is 5.53. The third kappa shape index (κ3) is 3.32. The van der Waals surface area contributed by atoms with Gasteiger partial charge in [0, 0.05) is 3.57 Å². The van der Waals surface area contributed by atoms with Crippen molar-refractivity contribution in [2.75, 3.05) is 7.05 Å². The molecule has 0 radical (unpaired) electrons. The van der Waals surface area contributed by atoms with Crippen LogP contribution in [0.25, 0.3) is 0 Å². The van der Waals surface area contributed by atoms with Gasteiger partial charge in [-0.15, -0.1) is 0 Å². The summed E-state index contributed by atoms with van der Waals surface area (Å²) in [5.41, 5.74) is 0.947. The lowest BCUT2D eigenvalue weighted by Crippen LogP contribution is -2.19. The van der Waals surface area contributed by atoms with E-state index in [0.717, 1.165) is 15.2 Å². The molecule has 0 aliphatic heterocycles. The van der Waals surface area contributed by atoms with Crippen molar-refractivity contribution in [1.29, 1.82) is 0 Å². The highest BCUT2D eigenvalue weighted by molar-refractivity contribution is 14.1. The molecule has 0 aromatic heterocycles. The minimum Gasteiger partial charge on any atom is -0.309 e. The van der Waals surface area contributed by atoms with Gasteiger partial charge in [-0.2, -0.15) is 13.2 Å². The first-order valence-electron chi connectivity index (χ1n) is 6.02. The Balaban J connectivity index is 2.46. The van der Waals surface area contributed by atoms with Crippen molar-refractivity contribution in [3.8, 4) is 0 Å². The summed E-state index contributed by atoms with van der Waals surface area (Å²) in [6, 6.07) is 12.8. The van der Waals surface area contributed by atoms with Gasteiger partial charge in [-0.1, -0.05) is 30.3 Å². The zero-order valence-electron chi connectivity index (χ0n) is 10.7. The van der Waals surface area contributed by atoms with Crippen LogP contribution in [0.4, 0.5) is 13.2 Å². The van der Waals surface area contributed by atoms with E-state index < -0.39 is 11.7 Å². The Kier molecular flexibility index (Phi) is 4.70. The SMILES string of the molecule is CNC(c1cccc(C(F)(F)F)c1)c1ccccc1I. The van der Waals surface area contributed by atoms with E-state index in [9.17, 15) is 13.2 Å². The third-order valence-electron chi connectivity index (χ3n) is 3.05. The average molecular weight is 391 g/mol. The van der Waals surface area contributed by atoms with E-state index in [4.69, 9.17) is 0 Å². The predicted molar refractivity (Wildman–Crippen MR) is 81.5 cm³/mol. The Labute approximate surface area is 129 Å². The molecule has 1 nitrogen and oxygen atoms in total. The van der Waals surface area contributed by atoms with Crippen LogP contribution in [0.15, 0.2) is 48.5 Å². The van der Waals surface area contributed by atoms with E-state index >= 15 is 0 Å². The first-order valence-corrected chi connectivity index (χ1v) is 7.10. The molecule has 0 saturated heterocycles. The molecule has 20 heavy (non-hydrogen) atoms. The van der Waals surface area contributed by atoms with E-state index in [-0.39, 0.29) is 6.04 Å². The van der Waals surface area contributed by atoms with Crippen molar-refractivity contribution in [1.82, 2.24) is 5.32 Å². The van der Waals surface area contributed by atoms with Crippen molar-refractivity contribution in [2.24, 2.45) is 0 Å². The number of nitrogens with one attached hydrogen (secondary N) is 1. The lowest BCUT2D eigenvalue weighted by molar-refractivity contribution is -0.137. The van der Waals surface area contributed by atoms with E-state index in [1.807, 2.05) is 24.3 Å². The van der Waals surface area contributed by atoms with Crippen LogP contribution in [-0.2, 0) is 6.18 Å². The second kappa shape index (κ2) is 6.13. The molecular weight excluding hydrogens is 378 g/mol. The monoisotopic (exact) mass is 391 g/mol. The van der Waals surface area contributed by atoms with Gasteiger partial charge in [-0.3, -0.25) is 0 Å². The molecule has 1 atom stereocenters. The fourth-order valence-corrected chi connectivity index (χ4v) is 2.80. The number of rotatable bonds is 3. The van der Waals surface area contributed by atoms with Crippen LogP contribution in [0, 0.1) is 3.57 Å². The largest absolute Gasteiger partial charge is 0.416 e. The van der Waals surface area contributed by atoms with Gasteiger partial charge in [0.25, 0.3) is 0 Å². The molecular formula is C15H13F3IN. The Morgan fingerprint density at radius 1 is 1.05 bits per heavy atom. The summed E-state index contributed by atoms with van der Waals surface area (Å²) >= 11 is 2.19. The Morgan fingerprint density at radius 3 is 2.35 bits per heavy atom. The second-order valence-electron chi connectivity index (χ2n) is 4.37. The summed E-state index contributed by atoms with van der Waals surface area (Å²) in [6.07, 6.45) is -4.32. The molecule has 0 heterocycles. The molecule has 1 unspecified atom stereocenters. The Hall–Kier alpha value is -1.08. The summed E-state index contributed by atoms with van der Waals surface area (Å²) in [5, 5.41) is 3.08. The first kappa shape index (κ1) is 15.3. The molecule has 0 saturated carbocycles. The molecule has 1 N–H and O–H groups in total. The normalized spacial score (nSPS) is 13.2. The van der Waals surface area contributed by atoms with Crippen LogP contribution in [0.5, 0.6) is 0 Å². The van der Waals surface area contributed by atoms with Gasteiger partial charge < -0.3 is 5.32 Å². The van der Waals surface area contributed by atoms with Crippen LogP contribution in [0.2, 0.25) is 0 Å². The topological polar surface area (TPSA) is 12.0 Å². The van der Waals surface area contributed by atoms with E-state index in [1.54, 1.807) is 13.1 Å². The van der Waals surface area contributed by atoms with Crippen LogP contribution >= 0.6 is 22.6 Å². The molecule has 2 aromatic rings. The maximum atomic E-state index is 12.8. The highest BCUT2D eigenvalue weighted by Gasteiger charge is 2.31. The maximum absolute atomic E-state index is 12.8. The summed E-state index contributed by atoms with van der Waals surface area (Å²) in [6.45, 7) is 0.